The highest BCUT2D eigenvalue weighted by molar-refractivity contribution is 5.66. The van der Waals surface area contributed by atoms with E-state index in [0.29, 0.717) is 6.42 Å². The Morgan fingerprint density at radius 1 is 1.04 bits per heavy atom. The molecule has 0 amide bonds. The van der Waals surface area contributed by atoms with E-state index >= 15 is 0 Å². The van der Waals surface area contributed by atoms with Gasteiger partial charge in [0.15, 0.2) is 0 Å². The van der Waals surface area contributed by atoms with Gasteiger partial charge in [0.25, 0.3) is 0 Å². The maximum atomic E-state index is 10.5. The molecule has 0 aromatic carbocycles. The molecule has 0 aromatic rings. The summed E-state index contributed by atoms with van der Waals surface area (Å²) < 4.78 is 0. The Hall–Kier alpha value is -1.05. The van der Waals surface area contributed by atoms with Gasteiger partial charge in [-0.05, 0) is 62.7 Å². The number of rotatable bonds is 6. The first-order chi connectivity index (χ1) is 11.3. The normalized spacial score (nSPS) is 29.3. The largest absolute Gasteiger partial charge is 0.481 e. The summed E-state index contributed by atoms with van der Waals surface area (Å²) in [6, 6.07) is 0. The topological polar surface area (TPSA) is 37.3 Å². The fraction of sp³-hybridized carbons (Fsp3) is 0.762. The molecule has 2 rings (SSSR count). The molecule has 3 atom stereocenters. The minimum absolute atomic E-state index is 0.293. The third kappa shape index (κ3) is 6.93. The van der Waals surface area contributed by atoms with Crippen LogP contribution in [0.15, 0.2) is 24.3 Å². The van der Waals surface area contributed by atoms with Crippen molar-refractivity contribution < 1.29 is 9.90 Å². The Balaban J connectivity index is 1.83. The van der Waals surface area contributed by atoms with Crippen molar-refractivity contribution in [2.24, 2.45) is 17.8 Å². The van der Waals surface area contributed by atoms with Crippen molar-refractivity contribution in [2.75, 3.05) is 0 Å². The van der Waals surface area contributed by atoms with Crippen molar-refractivity contribution in [3.8, 4) is 0 Å². The van der Waals surface area contributed by atoms with Crippen LogP contribution in [0.25, 0.3) is 0 Å². The maximum absolute atomic E-state index is 10.5. The van der Waals surface area contributed by atoms with Crippen LogP contribution in [0.1, 0.15) is 83.5 Å². The van der Waals surface area contributed by atoms with Crippen LogP contribution in [0.5, 0.6) is 0 Å². The standard InChI is InChI=1S/C21H34O2/c22-21(23)15-11-7-6-10-14-20-18-12-8-4-2-1-3-5-9-13-19(20)17-16-18/h6,8,10,12,18-20H,1-5,7,9,11,13-17H2,(H,22,23)/t18-,19?,20+/m0/s1. The highest BCUT2D eigenvalue weighted by Crippen LogP contribution is 2.43. The number of carbonyl (C=O) groups is 1. The number of aliphatic carboxylic acids is 1. The molecule has 1 N–H and O–H groups in total. The second kappa shape index (κ2) is 10.7. The van der Waals surface area contributed by atoms with E-state index in [9.17, 15) is 4.79 Å². The second-order valence-corrected chi connectivity index (χ2v) is 7.43. The van der Waals surface area contributed by atoms with Gasteiger partial charge < -0.3 is 5.11 Å². The summed E-state index contributed by atoms with van der Waals surface area (Å²) in [6.07, 6.45) is 25.1. The molecule has 2 aliphatic carbocycles. The molecule has 0 radical (unpaired) electrons. The number of fused-ring (bicyclic) bond motifs is 2. The number of hydrogen-bond donors (Lipinski definition) is 1. The molecule has 1 fully saturated rings. The summed E-state index contributed by atoms with van der Waals surface area (Å²) in [5.74, 6) is 1.83. The molecule has 0 aliphatic heterocycles. The van der Waals surface area contributed by atoms with Crippen molar-refractivity contribution in [1.82, 2.24) is 0 Å². The van der Waals surface area contributed by atoms with Crippen LogP contribution in [-0.4, -0.2) is 11.1 Å². The van der Waals surface area contributed by atoms with Gasteiger partial charge in [0.2, 0.25) is 0 Å². The Morgan fingerprint density at radius 3 is 2.74 bits per heavy atom. The van der Waals surface area contributed by atoms with Gasteiger partial charge in [0, 0.05) is 6.42 Å². The Bertz CT molecular complexity index is 397. The lowest BCUT2D eigenvalue weighted by molar-refractivity contribution is -0.137. The van der Waals surface area contributed by atoms with Crippen molar-refractivity contribution in [3.05, 3.63) is 24.3 Å². The fourth-order valence-corrected chi connectivity index (χ4v) is 4.36. The lowest BCUT2D eigenvalue weighted by Gasteiger charge is -2.22. The monoisotopic (exact) mass is 318 g/mol. The van der Waals surface area contributed by atoms with Crippen LogP contribution >= 0.6 is 0 Å². The zero-order valence-corrected chi connectivity index (χ0v) is 14.6. The van der Waals surface area contributed by atoms with Crippen LogP contribution < -0.4 is 0 Å². The molecule has 0 saturated heterocycles. The summed E-state index contributed by atoms with van der Waals surface area (Å²) in [5, 5.41) is 8.67. The highest BCUT2D eigenvalue weighted by Gasteiger charge is 2.33. The lowest BCUT2D eigenvalue weighted by Crippen LogP contribution is -2.13. The zero-order valence-electron chi connectivity index (χ0n) is 14.6. The summed E-state index contributed by atoms with van der Waals surface area (Å²) in [7, 11) is 0. The van der Waals surface area contributed by atoms with Crippen molar-refractivity contribution in [1.29, 1.82) is 0 Å². The third-order valence-corrected chi connectivity index (χ3v) is 5.69. The van der Waals surface area contributed by atoms with E-state index in [0.717, 1.165) is 30.6 Å². The summed E-state index contributed by atoms with van der Waals surface area (Å²) in [4.78, 5) is 10.5. The van der Waals surface area contributed by atoms with Gasteiger partial charge in [0.1, 0.15) is 0 Å². The second-order valence-electron chi connectivity index (χ2n) is 7.43. The molecule has 2 heteroatoms. The molecule has 0 aromatic heterocycles. The lowest BCUT2D eigenvalue weighted by atomic mass is 9.83. The zero-order chi connectivity index (χ0) is 16.3. The van der Waals surface area contributed by atoms with Crippen LogP contribution in [0.2, 0.25) is 0 Å². The van der Waals surface area contributed by atoms with E-state index in [1.165, 1.54) is 64.2 Å². The van der Waals surface area contributed by atoms with Crippen LogP contribution in [0.4, 0.5) is 0 Å². The van der Waals surface area contributed by atoms with E-state index in [1.807, 2.05) is 0 Å². The van der Waals surface area contributed by atoms with Gasteiger partial charge in [-0.25, -0.2) is 0 Å². The molecular weight excluding hydrogens is 284 g/mol. The molecule has 23 heavy (non-hydrogen) atoms. The molecule has 2 nitrogen and oxygen atoms in total. The molecule has 1 saturated carbocycles. The molecule has 1 unspecified atom stereocenters. The first-order valence-corrected chi connectivity index (χ1v) is 9.81. The van der Waals surface area contributed by atoms with E-state index in [1.54, 1.807) is 0 Å². The summed E-state index contributed by atoms with van der Waals surface area (Å²) in [6.45, 7) is 0. The van der Waals surface area contributed by atoms with E-state index in [4.69, 9.17) is 5.11 Å². The van der Waals surface area contributed by atoms with Crippen molar-refractivity contribution in [3.63, 3.8) is 0 Å². The van der Waals surface area contributed by atoms with Gasteiger partial charge >= 0.3 is 5.97 Å². The SMILES string of the molecule is O=C(O)CCCC=CC[C@H]1C2CCCCCCCC=C[C@H]1CC2. The van der Waals surface area contributed by atoms with Gasteiger partial charge in [-0.2, -0.15) is 0 Å². The van der Waals surface area contributed by atoms with Gasteiger partial charge in [-0.15, -0.1) is 0 Å². The summed E-state index contributed by atoms with van der Waals surface area (Å²) >= 11 is 0. The van der Waals surface area contributed by atoms with Crippen molar-refractivity contribution >= 4 is 5.97 Å². The van der Waals surface area contributed by atoms with Crippen LogP contribution in [0.3, 0.4) is 0 Å². The minimum atomic E-state index is -0.680. The average molecular weight is 319 g/mol. The Morgan fingerprint density at radius 2 is 1.87 bits per heavy atom. The van der Waals surface area contributed by atoms with E-state index in [2.05, 4.69) is 24.3 Å². The summed E-state index contributed by atoms with van der Waals surface area (Å²) in [5.41, 5.74) is 0. The molecule has 2 bridgehead atoms. The molecule has 130 valence electrons. The average Bonchev–Trinajstić information content (AvgIpc) is 2.90. The molecular formula is C21H34O2. The molecule has 0 heterocycles. The number of allylic oxidation sites excluding steroid dienone is 4. The Labute approximate surface area is 142 Å². The number of unbranched alkanes of at least 4 members (excludes halogenated alkanes) is 1. The molecule has 0 spiro atoms. The predicted molar refractivity (Wildman–Crippen MR) is 96.4 cm³/mol. The third-order valence-electron chi connectivity index (χ3n) is 5.69. The predicted octanol–water partition coefficient (Wildman–Crippen LogP) is 6.13. The van der Waals surface area contributed by atoms with Gasteiger partial charge in [0.05, 0.1) is 0 Å². The van der Waals surface area contributed by atoms with E-state index < -0.39 is 5.97 Å². The smallest absolute Gasteiger partial charge is 0.303 e. The maximum Gasteiger partial charge on any atom is 0.303 e. The van der Waals surface area contributed by atoms with E-state index in [-0.39, 0.29) is 0 Å². The number of carboxylic acid groups (broad SMARTS) is 1. The fourth-order valence-electron chi connectivity index (χ4n) is 4.36. The first-order valence-electron chi connectivity index (χ1n) is 9.81. The quantitative estimate of drug-likeness (QED) is 0.472. The van der Waals surface area contributed by atoms with Crippen LogP contribution in [0, 0.1) is 17.8 Å². The number of carboxylic acids is 1. The highest BCUT2D eigenvalue weighted by atomic mass is 16.4. The van der Waals surface area contributed by atoms with Gasteiger partial charge in [-0.3, -0.25) is 4.79 Å². The number of hydrogen-bond acceptors (Lipinski definition) is 1. The minimum Gasteiger partial charge on any atom is -0.481 e. The van der Waals surface area contributed by atoms with Crippen molar-refractivity contribution in [2.45, 2.75) is 83.5 Å². The molecule has 2 aliphatic rings. The van der Waals surface area contributed by atoms with Gasteiger partial charge in [-0.1, -0.05) is 56.4 Å². The van der Waals surface area contributed by atoms with Crippen LogP contribution in [-0.2, 0) is 4.79 Å². The first kappa shape index (κ1) is 18.3. The Kier molecular flexibility index (Phi) is 8.49.